The average molecular weight is 201 g/mol. The van der Waals surface area contributed by atoms with E-state index in [1.54, 1.807) is 24.9 Å². The molecule has 0 amide bonds. The molecule has 4 heteroatoms. The van der Waals surface area contributed by atoms with Crippen molar-refractivity contribution in [3.8, 4) is 0 Å². The molecular weight excluding hydrogens is 190 g/mol. The number of hydrogen-bond donors (Lipinski definition) is 1. The van der Waals surface area contributed by atoms with Crippen LogP contribution in [0.15, 0.2) is 35.3 Å². The highest BCUT2D eigenvalue weighted by Gasteiger charge is 2.24. The van der Waals surface area contributed by atoms with E-state index in [4.69, 9.17) is 4.42 Å². The van der Waals surface area contributed by atoms with Gasteiger partial charge in [0.15, 0.2) is 0 Å². The van der Waals surface area contributed by atoms with Crippen molar-refractivity contribution < 1.29 is 4.42 Å². The first-order chi connectivity index (χ1) is 7.45. The largest absolute Gasteiger partial charge is 0.469 e. The average Bonchev–Trinajstić information content (AvgIpc) is 2.78. The lowest BCUT2D eigenvalue weighted by Gasteiger charge is -2.22. The van der Waals surface area contributed by atoms with Gasteiger partial charge in [0, 0.05) is 30.9 Å². The van der Waals surface area contributed by atoms with E-state index < -0.39 is 0 Å². The van der Waals surface area contributed by atoms with E-state index in [-0.39, 0.29) is 6.04 Å². The summed E-state index contributed by atoms with van der Waals surface area (Å²) < 4.78 is 5.42. The molecule has 1 aliphatic heterocycles. The van der Waals surface area contributed by atoms with Crippen molar-refractivity contribution in [3.05, 3.63) is 47.9 Å². The van der Waals surface area contributed by atoms with Crippen LogP contribution < -0.4 is 5.32 Å². The Morgan fingerprint density at radius 1 is 1.40 bits per heavy atom. The fourth-order valence-corrected chi connectivity index (χ4v) is 1.97. The van der Waals surface area contributed by atoms with Crippen molar-refractivity contribution in [1.82, 2.24) is 15.3 Å². The van der Waals surface area contributed by atoms with Gasteiger partial charge in [-0.25, -0.2) is 0 Å². The molecule has 0 saturated heterocycles. The predicted octanol–water partition coefficient (Wildman–Crippen LogP) is 1.30. The molecule has 3 rings (SSSR count). The Hall–Kier alpha value is -1.68. The SMILES string of the molecule is c1cnc(C2NCCc3occc32)cn1. The Bertz CT molecular complexity index is 452. The van der Waals surface area contributed by atoms with Gasteiger partial charge in [-0.2, -0.15) is 0 Å². The molecule has 0 spiro atoms. The van der Waals surface area contributed by atoms with Crippen LogP contribution in [0.1, 0.15) is 23.1 Å². The van der Waals surface area contributed by atoms with E-state index in [0.717, 1.165) is 24.4 Å². The fraction of sp³-hybridized carbons (Fsp3) is 0.273. The quantitative estimate of drug-likeness (QED) is 0.755. The van der Waals surface area contributed by atoms with Crippen LogP contribution in [0.4, 0.5) is 0 Å². The van der Waals surface area contributed by atoms with Gasteiger partial charge in [0.2, 0.25) is 0 Å². The highest BCUT2D eigenvalue weighted by molar-refractivity contribution is 5.30. The Morgan fingerprint density at radius 3 is 3.27 bits per heavy atom. The van der Waals surface area contributed by atoms with E-state index in [1.807, 2.05) is 6.07 Å². The van der Waals surface area contributed by atoms with Crippen molar-refractivity contribution in [2.75, 3.05) is 6.54 Å². The second kappa shape index (κ2) is 3.47. The van der Waals surface area contributed by atoms with Gasteiger partial charge in [-0.3, -0.25) is 9.97 Å². The summed E-state index contributed by atoms with van der Waals surface area (Å²) in [4.78, 5) is 8.40. The molecule has 15 heavy (non-hydrogen) atoms. The number of aromatic nitrogens is 2. The zero-order valence-electron chi connectivity index (χ0n) is 8.18. The Kier molecular flexibility index (Phi) is 1.99. The van der Waals surface area contributed by atoms with Gasteiger partial charge in [-0.05, 0) is 6.07 Å². The minimum absolute atomic E-state index is 0.126. The lowest BCUT2D eigenvalue weighted by Crippen LogP contribution is -2.30. The summed E-state index contributed by atoms with van der Waals surface area (Å²) in [5.41, 5.74) is 2.13. The molecular formula is C11H11N3O. The second-order valence-electron chi connectivity index (χ2n) is 3.57. The van der Waals surface area contributed by atoms with E-state index in [0.29, 0.717) is 0 Å². The third-order valence-corrected chi connectivity index (χ3v) is 2.67. The molecule has 4 nitrogen and oxygen atoms in total. The van der Waals surface area contributed by atoms with Crippen molar-refractivity contribution in [2.45, 2.75) is 12.5 Å². The highest BCUT2D eigenvalue weighted by Crippen LogP contribution is 2.27. The van der Waals surface area contributed by atoms with Crippen LogP contribution in [0.5, 0.6) is 0 Å². The third-order valence-electron chi connectivity index (χ3n) is 2.67. The molecule has 2 aromatic heterocycles. The minimum Gasteiger partial charge on any atom is -0.469 e. The van der Waals surface area contributed by atoms with Gasteiger partial charge in [0.25, 0.3) is 0 Å². The zero-order chi connectivity index (χ0) is 10.1. The monoisotopic (exact) mass is 201 g/mol. The van der Waals surface area contributed by atoms with Crippen LogP contribution in [0.3, 0.4) is 0 Å². The van der Waals surface area contributed by atoms with Gasteiger partial charge in [0.05, 0.1) is 24.2 Å². The summed E-state index contributed by atoms with van der Waals surface area (Å²) in [5, 5.41) is 3.42. The molecule has 0 radical (unpaired) electrons. The van der Waals surface area contributed by atoms with Gasteiger partial charge in [0.1, 0.15) is 5.76 Å². The highest BCUT2D eigenvalue weighted by atomic mass is 16.3. The maximum atomic E-state index is 5.42. The lowest BCUT2D eigenvalue weighted by molar-refractivity contribution is 0.452. The summed E-state index contributed by atoms with van der Waals surface area (Å²) in [6, 6.07) is 2.13. The van der Waals surface area contributed by atoms with Crippen LogP contribution in [-0.2, 0) is 6.42 Å². The van der Waals surface area contributed by atoms with Gasteiger partial charge >= 0.3 is 0 Å². The molecule has 0 aromatic carbocycles. The first-order valence-corrected chi connectivity index (χ1v) is 5.01. The number of fused-ring (bicyclic) bond motifs is 1. The van der Waals surface area contributed by atoms with Gasteiger partial charge < -0.3 is 9.73 Å². The predicted molar refractivity (Wildman–Crippen MR) is 54.3 cm³/mol. The molecule has 0 aliphatic carbocycles. The fourth-order valence-electron chi connectivity index (χ4n) is 1.97. The summed E-state index contributed by atoms with van der Waals surface area (Å²) in [6.07, 6.45) is 7.87. The molecule has 0 bridgehead atoms. The van der Waals surface area contributed by atoms with E-state index >= 15 is 0 Å². The standard InChI is InChI=1S/C11H11N3O/c1-3-14-11(8-2-6-15-10(1)8)9-7-12-4-5-13-9/h2,4-7,11,14H,1,3H2. The smallest absolute Gasteiger partial charge is 0.110 e. The number of furan rings is 1. The molecule has 3 heterocycles. The molecule has 0 fully saturated rings. The van der Waals surface area contributed by atoms with E-state index in [9.17, 15) is 0 Å². The molecule has 1 N–H and O–H groups in total. The second-order valence-corrected chi connectivity index (χ2v) is 3.57. The molecule has 0 saturated carbocycles. The van der Waals surface area contributed by atoms with Crippen LogP contribution >= 0.6 is 0 Å². The normalized spacial score (nSPS) is 19.9. The molecule has 2 aromatic rings. The van der Waals surface area contributed by atoms with Crippen molar-refractivity contribution >= 4 is 0 Å². The van der Waals surface area contributed by atoms with Gasteiger partial charge in [-0.15, -0.1) is 0 Å². The van der Waals surface area contributed by atoms with Crippen molar-refractivity contribution in [3.63, 3.8) is 0 Å². The van der Waals surface area contributed by atoms with Crippen molar-refractivity contribution in [1.29, 1.82) is 0 Å². The summed E-state index contributed by atoms with van der Waals surface area (Å²) in [6.45, 7) is 0.918. The number of nitrogens with one attached hydrogen (secondary N) is 1. The minimum atomic E-state index is 0.126. The first kappa shape index (κ1) is 8.61. The Balaban J connectivity index is 2.03. The third kappa shape index (κ3) is 1.43. The van der Waals surface area contributed by atoms with Crippen LogP contribution in [-0.4, -0.2) is 16.5 Å². The molecule has 76 valence electrons. The summed E-state index contributed by atoms with van der Waals surface area (Å²) >= 11 is 0. The topological polar surface area (TPSA) is 51.0 Å². The maximum absolute atomic E-state index is 5.42. The molecule has 1 unspecified atom stereocenters. The Labute approximate surface area is 87.4 Å². The number of nitrogens with zero attached hydrogens (tertiary/aromatic N) is 2. The summed E-state index contributed by atoms with van der Waals surface area (Å²) in [7, 11) is 0. The van der Waals surface area contributed by atoms with Crippen LogP contribution in [0, 0.1) is 0 Å². The van der Waals surface area contributed by atoms with Gasteiger partial charge in [-0.1, -0.05) is 0 Å². The van der Waals surface area contributed by atoms with E-state index in [1.165, 1.54) is 5.56 Å². The van der Waals surface area contributed by atoms with Crippen molar-refractivity contribution in [2.24, 2.45) is 0 Å². The maximum Gasteiger partial charge on any atom is 0.110 e. The molecule has 1 atom stereocenters. The van der Waals surface area contributed by atoms with Crippen LogP contribution in [0.2, 0.25) is 0 Å². The summed E-state index contributed by atoms with van der Waals surface area (Å²) in [5.74, 6) is 1.06. The zero-order valence-corrected chi connectivity index (χ0v) is 8.18. The van der Waals surface area contributed by atoms with E-state index in [2.05, 4.69) is 15.3 Å². The number of rotatable bonds is 1. The van der Waals surface area contributed by atoms with Crippen LogP contribution in [0.25, 0.3) is 0 Å². The Morgan fingerprint density at radius 2 is 2.40 bits per heavy atom. The number of hydrogen-bond acceptors (Lipinski definition) is 4. The first-order valence-electron chi connectivity index (χ1n) is 5.01. The lowest BCUT2D eigenvalue weighted by atomic mass is 9.99. The molecule has 1 aliphatic rings.